The molecule has 3 heterocycles. The predicted molar refractivity (Wildman–Crippen MR) is 131 cm³/mol. The number of furan rings is 1. The normalized spacial score (nSPS) is 23.3. The highest BCUT2D eigenvalue weighted by Crippen LogP contribution is 2.42. The second-order valence-electron chi connectivity index (χ2n) is 10.3. The van der Waals surface area contributed by atoms with Crippen molar-refractivity contribution in [3.8, 4) is 0 Å². The van der Waals surface area contributed by atoms with E-state index in [1.54, 1.807) is 13.0 Å². The smallest absolute Gasteiger partial charge is 0.287 e. The Labute approximate surface area is 203 Å². The Morgan fingerprint density at radius 3 is 2.59 bits per heavy atom. The Morgan fingerprint density at radius 2 is 1.97 bits per heavy atom. The average Bonchev–Trinajstić information content (AvgIpc) is 3.36. The summed E-state index contributed by atoms with van der Waals surface area (Å²) in [5.41, 5.74) is 1.70. The third kappa shape index (κ3) is 5.38. The fourth-order valence-corrected chi connectivity index (χ4v) is 6.10. The van der Waals surface area contributed by atoms with Gasteiger partial charge in [-0.15, -0.1) is 0 Å². The van der Waals surface area contributed by atoms with Crippen LogP contribution in [0.25, 0.3) is 0 Å². The minimum Gasteiger partial charge on any atom is -0.454 e. The highest BCUT2D eigenvalue weighted by Gasteiger charge is 2.38. The molecule has 1 fully saturated rings. The topological polar surface area (TPSA) is 92.5 Å². The minimum absolute atomic E-state index is 0.0303. The number of rotatable bonds is 8. The van der Waals surface area contributed by atoms with Gasteiger partial charge in [-0.3, -0.25) is 14.7 Å². The van der Waals surface area contributed by atoms with Gasteiger partial charge in [0.15, 0.2) is 15.6 Å². The van der Waals surface area contributed by atoms with Crippen molar-refractivity contribution in [2.45, 2.75) is 77.4 Å². The Hall–Kier alpha value is -2.19. The van der Waals surface area contributed by atoms with Gasteiger partial charge < -0.3 is 9.73 Å². The molecule has 1 aliphatic heterocycles. The Balaban J connectivity index is 1.38. The van der Waals surface area contributed by atoms with Crippen molar-refractivity contribution in [2.75, 3.05) is 12.3 Å². The summed E-state index contributed by atoms with van der Waals surface area (Å²) >= 11 is 0. The molecular weight excluding hydrogens is 450 g/mol. The Kier molecular flexibility index (Phi) is 7.48. The van der Waals surface area contributed by atoms with Crippen LogP contribution in [0.2, 0.25) is 0 Å². The van der Waals surface area contributed by atoms with Gasteiger partial charge in [0, 0.05) is 24.8 Å². The van der Waals surface area contributed by atoms with Gasteiger partial charge in [-0.2, -0.15) is 0 Å². The number of nitrogens with one attached hydrogen (secondary N) is 1. The van der Waals surface area contributed by atoms with E-state index >= 15 is 0 Å². The SMILES string of the molecule is CCS(=O)(=O)c1ccc(CNC(=O)c2cc3c(o2)[C@H](C(C)C)N(CC2CCC(C)CC2)C3)nc1. The molecule has 1 N–H and O–H groups in total. The molecule has 186 valence electrons. The number of pyridine rings is 1. The van der Waals surface area contributed by atoms with Crippen LogP contribution in [0.5, 0.6) is 0 Å². The molecule has 8 heteroatoms. The van der Waals surface area contributed by atoms with Crippen molar-refractivity contribution in [2.24, 2.45) is 17.8 Å². The number of fused-ring (bicyclic) bond motifs is 1. The molecule has 0 spiro atoms. The monoisotopic (exact) mass is 487 g/mol. The van der Waals surface area contributed by atoms with Gasteiger partial charge >= 0.3 is 0 Å². The van der Waals surface area contributed by atoms with E-state index in [4.69, 9.17) is 4.42 Å². The summed E-state index contributed by atoms with van der Waals surface area (Å²) < 4.78 is 30.0. The van der Waals surface area contributed by atoms with E-state index in [0.717, 1.165) is 36.2 Å². The van der Waals surface area contributed by atoms with E-state index in [-0.39, 0.29) is 29.1 Å². The summed E-state index contributed by atoms with van der Waals surface area (Å²) in [7, 11) is -3.29. The molecule has 4 rings (SSSR count). The quantitative estimate of drug-likeness (QED) is 0.578. The summed E-state index contributed by atoms with van der Waals surface area (Å²) in [6.45, 7) is 10.5. The van der Waals surface area contributed by atoms with Crippen LogP contribution in [0.1, 0.15) is 87.0 Å². The number of sulfone groups is 1. The van der Waals surface area contributed by atoms with E-state index in [9.17, 15) is 13.2 Å². The number of carbonyl (C=O) groups excluding carboxylic acids is 1. The summed E-state index contributed by atoms with van der Waals surface area (Å²) in [5, 5.41) is 2.84. The second kappa shape index (κ2) is 10.2. The lowest BCUT2D eigenvalue weighted by molar-refractivity contribution is 0.0897. The largest absolute Gasteiger partial charge is 0.454 e. The maximum atomic E-state index is 12.8. The van der Waals surface area contributed by atoms with E-state index in [1.165, 1.54) is 37.9 Å². The lowest BCUT2D eigenvalue weighted by atomic mass is 9.82. The van der Waals surface area contributed by atoms with E-state index in [2.05, 4.69) is 36.0 Å². The molecule has 0 unspecified atom stereocenters. The van der Waals surface area contributed by atoms with E-state index < -0.39 is 9.84 Å². The number of hydrogen-bond donors (Lipinski definition) is 1. The molecule has 2 aromatic heterocycles. The van der Waals surface area contributed by atoms with E-state index in [1.807, 2.05) is 6.07 Å². The van der Waals surface area contributed by atoms with E-state index in [0.29, 0.717) is 17.4 Å². The molecule has 2 aromatic rings. The zero-order chi connectivity index (χ0) is 24.5. The molecule has 1 saturated carbocycles. The van der Waals surface area contributed by atoms with Gasteiger partial charge in [-0.1, -0.05) is 40.5 Å². The molecular formula is C26H37N3O4S. The first kappa shape index (κ1) is 24.9. The third-order valence-corrected chi connectivity index (χ3v) is 9.05. The standard InChI is InChI=1S/C26H37N3O4S/c1-5-34(31,32)22-11-10-21(27-14-22)13-28-26(30)23-12-20-16-29(24(17(2)3)25(20)33-23)15-19-8-6-18(4)7-9-19/h10-12,14,17-19,24H,5-9,13,15-16H2,1-4H3,(H,28,30)/t18?,19?,24-/m0/s1. The van der Waals surface area contributed by atoms with Crippen LogP contribution in [-0.4, -0.2) is 36.5 Å². The predicted octanol–water partition coefficient (Wildman–Crippen LogP) is 4.74. The third-order valence-electron chi connectivity index (χ3n) is 7.33. The maximum absolute atomic E-state index is 12.8. The van der Waals surface area contributed by atoms with Crippen LogP contribution in [0.4, 0.5) is 0 Å². The summed E-state index contributed by atoms with van der Waals surface area (Å²) in [6.07, 6.45) is 6.60. The Morgan fingerprint density at radius 1 is 1.24 bits per heavy atom. The average molecular weight is 488 g/mol. The summed E-state index contributed by atoms with van der Waals surface area (Å²) in [4.78, 5) is 19.7. The van der Waals surface area contributed by atoms with Crippen molar-refractivity contribution < 1.29 is 17.6 Å². The maximum Gasteiger partial charge on any atom is 0.287 e. The number of carbonyl (C=O) groups is 1. The first-order valence-electron chi connectivity index (χ1n) is 12.5. The molecule has 0 aromatic carbocycles. The highest BCUT2D eigenvalue weighted by molar-refractivity contribution is 7.91. The lowest BCUT2D eigenvalue weighted by Gasteiger charge is -2.33. The van der Waals surface area contributed by atoms with Crippen LogP contribution >= 0.6 is 0 Å². The second-order valence-corrected chi connectivity index (χ2v) is 12.6. The molecule has 34 heavy (non-hydrogen) atoms. The zero-order valence-electron chi connectivity index (χ0n) is 20.7. The number of aromatic nitrogens is 1. The number of hydrogen-bond acceptors (Lipinski definition) is 6. The zero-order valence-corrected chi connectivity index (χ0v) is 21.5. The molecule has 2 aliphatic rings. The molecule has 1 aliphatic carbocycles. The molecule has 0 radical (unpaired) electrons. The molecule has 1 atom stereocenters. The first-order chi connectivity index (χ1) is 16.2. The van der Waals surface area contributed by atoms with Gasteiger partial charge in [-0.25, -0.2) is 8.42 Å². The minimum atomic E-state index is -3.29. The van der Waals surface area contributed by atoms with Crippen molar-refractivity contribution in [1.82, 2.24) is 15.2 Å². The summed E-state index contributed by atoms with van der Waals surface area (Å²) in [6, 6.07) is 5.24. The molecule has 1 amide bonds. The fourth-order valence-electron chi connectivity index (χ4n) is 5.28. The van der Waals surface area contributed by atoms with Crippen molar-refractivity contribution in [3.05, 3.63) is 47.2 Å². The van der Waals surface area contributed by atoms with Gasteiger partial charge in [0.25, 0.3) is 5.91 Å². The van der Waals surface area contributed by atoms with Gasteiger partial charge in [-0.05, 0) is 48.8 Å². The molecule has 7 nitrogen and oxygen atoms in total. The fraction of sp³-hybridized carbons (Fsp3) is 0.615. The van der Waals surface area contributed by atoms with Gasteiger partial charge in [0.2, 0.25) is 0 Å². The van der Waals surface area contributed by atoms with Crippen LogP contribution in [0.15, 0.2) is 33.7 Å². The van der Waals surface area contributed by atoms with Crippen LogP contribution < -0.4 is 5.32 Å². The molecule has 0 saturated heterocycles. The number of amides is 1. The molecule has 0 bridgehead atoms. The highest BCUT2D eigenvalue weighted by atomic mass is 32.2. The summed E-state index contributed by atoms with van der Waals surface area (Å²) in [5.74, 6) is 3.00. The van der Waals surface area contributed by atoms with Crippen LogP contribution in [-0.2, 0) is 22.9 Å². The van der Waals surface area contributed by atoms with Crippen molar-refractivity contribution in [3.63, 3.8) is 0 Å². The van der Waals surface area contributed by atoms with Crippen molar-refractivity contribution >= 4 is 15.7 Å². The van der Waals surface area contributed by atoms with Crippen molar-refractivity contribution in [1.29, 1.82) is 0 Å². The first-order valence-corrected chi connectivity index (χ1v) is 14.2. The van der Waals surface area contributed by atoms with Crippen LogP contribution in [0, 0.1) is 17.8 Å². The van der Waals surface area contributed by atoms with Gasteiger partial charge in [0.1, 0.15) is 5.76 Å². The van der Waals surface area contributed by atoms with Gasteiger partial charge in [0.05, 0.1) is 28.9 Å². The lowest BCUT2D eigenvalue weighted by Crippen LogP contribution is -2.32. The Bertz CT molecular complexity index is 1100. The van der Waals surface area contributed by atoms with Crippen LogP contribution in [0.3, 0.4) is 0 Å². The number of nitrogens with zero attached hydrogens (tertiary/aromatic N) is 2.